The molecule has 17 heavy (non-hydrogen) atoms. The van der Waals surface area contributed by atoms with Gasteiger partial charge in [0.05, 0.1) is 5.51 Å². The van der Waals surface area contributed by atoms with Crippen molar-refractivity contribution in [1.82, 2.24) is 4.98 Å². The molecule has 1 unspecified atom stereocenters. The van der Waals surface area contributed by atoms with Crippen LogP contribution < -0.4 is 5.73 Å². The van der Waals surface area contributed by atoms with Gasteiger partial charge in [0.15, 0.2) is 0 Å². The molecule has 2 rings (SSSR count). The number of thiazole rings is 1. The van der Waals surface area contributed by atoms with Crippen molar-refractivity contribution < 1.29 is 0 Å². The molecule has 3 heteroatoms. The van der Waals surface area contributed by atoms with Crippen molar-refractivity contribution in [3.05, 3.63) is 52.0 Å². The second-order valence-corrected chi connectivity index (χ2v) is 5.44. The van der Waals surface area contributed by atoms with Crippen LogP contribution in [0.4, 0.5) is 0 Å². The molecule has 0 saturated carbocycles. The Morgan fingerprint density at radius 2 is 2.24 bits per heavy atom. The van der Waals surface area contributed by atoms with E-state index in [1.54, 1.807) is 11.3 Å². The highest BCUT2D eigenvalue weighted by Crippen LogP contribution is 2.17. The number of nitrogens with two attached hydrogens (primary N) is 1. The fourth-order valence-corrected chi connectivity index (χ4v) is 2.75. The lowest BCUT2D eigenvalue weighted by atomic mass is 9.95. The molecule has 0 bridgehead atoms. The Morgan fingerprint density at radius 1 is 1.35 bits per heavy atom. The molecule has 2 N–H and O–H groups in total. The SMILES string of the molecule is Cc1cccc(CC(CN)Cc2cncs2)c1. The highest BCUT2D eigenvalue weighted by atomic mass is 32.1. The zero-order valence-electron chi connectivity index (χ0n) is 10.1. The number of aromatic nitrogens is 1. The van der Waals surface area contributed by atoms with E-state index in [2.05, 4.69) is 36.2 Å². The predicted octanol–water partition coefficient (Wildman–Crippen LogP) is 2.81. The molecule has 0 saturated heterocycles. The monoisotopic (exact) mass is 246 g/mol. The Hall–Kier alpha value is -1.19. The van der Waals surface area contributed by atoms with Gasteiger partial charge in [0, 0.05) is 11.1 Å². The first-order valence-corrected chi connectivity index (χ1v) is 6.79. The second-order valence-electron chi connectivity index (χ2n) is 4.47. The van der Waals surface area contributed by atoms with Crippen LogP contribution in [0.2, 0.25) is 0 Å². The molecule has 1 heterocycles. The second kappa shape index (κ2) is 5.94. The minimum Gasteiger partial charge on any atom is -0.330 e. The first-order valence-electron chi connectivity index (χ1n) is 5.91. The molecule has 1 aromatic carbocycles. The zero-order valence-corrected chi connectivity index (χ0v) is 10.9. The summed E-state index contributed by atoms with van der Waals surface area (Å²) in [5.41, 5.74) is 10.4. The molecule has 0 radical (unpaired) electrons. The van der Waals surface area contributed by atoms with Gasteiger partial charge in [-0.1, -0.05) is 29.8 Å². The molecule has 0 aliphatic carbocycles. The molecular formula is C14H18N2S. The first kappa shape index (κ1) is 12.3. The summed E-state index contributed by atoms with van der Waals surface area (Å²) in [6.45, 7) is 2.86. The van der Waals surface area contributed by atoms with Crippen molar-refractivity contribution >= 4 is 11.3 Å². The van der Waals surface area contributed by atoms with Crippen LogP contribution in [0.5, 0.6) is 0 Å². The lowest BCUT2D eigenvalue weighted by Gasteiger charge is -2.13. The fraction of sp³-hybridized carbons (Fsp3) is 0.357. The quantitative estimate of drug-likeness (QED) is 0.881. The summed E-state index contributed by atoms with van der Waals surface area (Å²) >= 11 is 1.71. The number of rotatable bonds is 5. The van der Waals surface area contributed by atoms with E-state index in [4.69, 9.17) is 5.73 Å². The Balaban J connectivity index is 2.00. The molecule has 2 aromatic rings. The number of hydrogen-bond donors (Lipinski definition) is 1. The lowest BCUT2D eigenvalue weighted by molar-refractivity contribution is 0.537. The average Bonchev–Trinajstić information content (AvgIpc) is 2.81. The molecular weight excluding hydrogens is 228 g/mol. The molecule has 2 nitrogen and oxygen atoms in total. The van der Waals surface area contributed by atoms with Crippen LogP contribution in [-0.4, -0.2) is 11.5 Å². The van der Waals surface area contributed by atoms with Gasteiger partial charge in [0.1, 0.15) is 0 Å². The highest BCUT2D eigenvalue weighted by Gasteiger charge is 2.10. The first-order chi connectivity index (χ1) is 8.28. The summed E-state index contributed by atoms with van der Waals surface area (Å²) in [5.74, 6) is 0.511. The van der Waals surface area contributed by atoms with E-state index in [9.17, 15) is 0 Å². The third-order valence-electron chi connectivity index (χ3n) is 2.91. The Morgan fingerprint density at radius 3 is 2.88 bits per heavy atom. The number of benzene rings is 1. The smallest absolute Gasteiger partial charge is 0.0794 e. The van der Waals surface area contributed by atoms with Crippen LogP contribution in [0, 0.1) is 12.8 Å². The van der Waals surface area contributed by atoms with E-state index in [1.165, 1.54) is 16.0 Å². The van der Waals surface area contributed by atoms with E-state index >= 15 is 0 Å². The summed E-state index contributed by atoms with van der Waals surface area (Å²) in [6, 6.07) is 8.67. The zero-order chi connectivity index (χ0) is 12.1. The largest absolute Gasteiger partial charge is 0.330 e. The number of aryl methyl sites for hydroxylation is 1. The highest BCUT2D eigenvalue weighted by molar-refractivity contribution is 7.09. The van der Waals surface area contributed by atoms with Crippen molar-refractivity contribution in [3.8, 4) is 0 Å². The van der Waals surface area contributed by atoms with Gasteiger partial charge in [-0.15, -0.1) is 11.3 Å². The summed E-state index contributed by atoms with van der Waals surface area (Å²) in [4.78, 5) is 5.44. The van der Waals surface area contributed by atoms with Crippen molar-refractivity contribution in [3.63, 3.8) is 0 Å². The van der Waals surface area contributed by atoms with Crippen molar-refractivity contribution in [1.29, 1.82) is 0 Å². The standard InChI is InChI=1S/C14H18N2S/c1-11-3-2-4-12(5-11)6-13(8-15)7-14-9-16-10-17-14/h2-5,9-10,13H,6-8,15H2,1H3. The normalized spacial score (nSPS) is 12.6. The lowest BCUT2D eigenvalue weighted by Crippen LogP contribution is -2.19. The third kappa shape index (κ3) is 3.65. The molecule has 0 aliphatic rings. The number of hydrogen-bond acceptors (Lipinski definition) is 3. The molecule has 1 atom stereocenters. The maximum Gasteiger partial charge on any atom is 0.0794 e. The summed E-state index contributed by atoms with van der Waals surface area (Å²) < 4.78 is 0. The molecule has 0 spiro atoms. The topological polar surface area (TPSA) is 38.9 Å². The van der Waals surface area contributed by atoms with Gasteiger partial charge in [-0.05, 0) is 37.8 Å². The van der Waals surface area contributed by atoms with E-state index in [0.29, 0.717) is 5.92 Å². The maximum absolute atomic E-state index is 5.86. The van der Waals surface area contributed by atoms with Gasteiger partial charge >= 0.3 is 0 Å². The summed E-state index contributed by atoms with van der Waals surface area (Å²) in [7, 11) is 0. The van der Waals surface area contributed by atoms with Crippen LogP contribution >= 0.6 is 11.3 Å². The van der Waals surface area contributed by atoms with Crippen LogP contribution in [0.25, 0.3) is 0 Å². The van der Waals surface area contributed by atoms with Gasteiger partial charge in [-0.3, -0.25) is 4.98 Å². The Kier molecular flexibility index (Phi) is 4.29. The van der Waals surface area contributed by atoms with Crippen LogP contribution in [0.1, 0.15) is 16.0 Å². The van der Waals surface area contributed by atoms with E-state index in [0.717, 1.165) is 19.4 Å². The molecule has 90 valence electrons. The van der Waals surface area contributed by atoms with E-state index in [-0.39, 0.29) is 0 Å². The molecule has 0 amide bonds. The maximum atomic E-state index is 5.86. The fourth-order valence-electron chi connectivity index (χ4n) is 2.04. The van der Waals surface area contributed by atoms with Crippen molar-refractivity contribution in [2.75, 3.05) is 6.54 Å². The Bertz CT molecular complexity index is 451. The van der Waals surface area contributed by atoms with E-state index < -0.39 is 0 Å². The van der Waals surface area contributed by atoms with Gasteiger partial charge in [0.2, 0.25) is 0 Å². The Labute approximate surface area is 107 Å². The van der Waals surface area contributed by atoms with Gasteiger partial charge < -0.3 is 5.73 Å². The van der Waals surface area contributed by atoms with Gasteiger partial charge in [0.25, 0.3) is 0 Å². The van der Waals surface area contributed by atoms with Crippen molar-refractivity contribution in [2.24, 2.45) is 11.7 Å². The van der Waals surface area contributed by atoms with Gasteiger partial charge in [-0.25, -0.2) is 0 Å². The van der Waals surface area contributed by atoms with Gasteiger partial charge in [-0.2, -0.15) is 0 Å². The third-order valence-corrected chi connectivity index (χ3v) is 3.72. The average molecular weight is 246 g/mol. The van der Waals surface area contributed by atoms with Crippen LogP contribution in [-0.2, 0) is 12.8 Å². The van der Waals surface area contributed by atoms with Crippen LogP contribution in [0.3, 0.4) is 0 Å². The molecule has 1 aromatic heterocycles. The summed E-state index contributed by atoms with van der Waals surface area (Å²) in [6.07, 6.45) is 4.04. The number of nitrogens with zero attached hydrogens (tertiary/aromatic N) is 1. The molecule has 0 aliphatic heterocycles. The van der Waals surface area contributed by atoms with Crippen LogP contribution in [0.15, 0.2) is 36.0 Å². The van der Waals surface area contributed by atoms with E-state index in [1.807, 2.05) is 11.7 Å². The molecule has 0 fully saturated rings. The van der Waals surface area contributed by atoms with Crippen molar-refractivity contribution in [2.45, 2.75) is 19.8 Å². The minimum atomic E-state index is 0.511. The summed E-state index contributed by atoms with van der Waals surface area (Å²) in [5, 5.41) is 0. The predicted molar refractivity (Wildman–Crippen MR) is 73.2 cm³/mol. The minimum absolute atomic E-state index is 0.511.